The van der Waals surface area contributed by atoms with E-state index in [0.29, 0.717) is 12.5 Å². The molecule has 2 aromatic heterocycles. The number of hydrogen-bond donors (Lipinski definition) is 0. The number of benzene rings is 2. The molecule has 4 aromatic rings. The fourth-order valence-corrected chi connectivity index (χ4v) is 3.47. The van der Waals surface area contributed by atoms with Crippen LogP contribution in [-0.4, -0.2) is 14.1 Å². The Morgan fingerprint density at radius 3 is 2.56 bits per heavy atom. The van der Waals surface area contributed by atoms with E-state index in [1.807, 2.05) is 61.5 Å². The van der Waals surface area contributed by atoms with E-state index in [1.54, 1.807) is 22.2 Å². The lowest BCUT2D eigenvalue weighted by Crippen LogP contribution is -2.21. The molecule has 0 aliphatic carbocycles. The SMILES string of the molecule is Cc1nc(OCc2ccccc2)ccc1-n1c(=O)n(C)c2cc(Br)ccc21. The van der Waals surface area contributed by atoms with E-state index in [1.165, 1.54) is 0 Å². The topological polar surface area (TPSA) is 49.1 Å². The fraction of sp³-hybridized carbons (Fsp3) is 0.143. The minimum Gasteiger partial charge on any atom is -0.473 e. The lowest BCUT2D eigenvalue weighted by molar-refractivity contribution is 0.293. The van der Waals surface area contributed by atoms with Gasteiger partial charge in [-0.25, -0.2) is 9.78 Å². The van der Waals surface area contributed by atoms with Crippen molar-refractivity contribution in [3.8, 4) is 11.6 Å². The van der Waals surface area contributed by atoms with Crippen LogP contribution in [0.15, 0.2) is 69.9 Å². The van der Waals surface area contributed by atoms with Gasteiger partial charge in [-0.1, -0.05) is 46.3 Å². The molecule has 0 atom stereocenters. The van der Waals surface area contributed by atoms with E-state index < -0.39 is 0 Å². The number of aryl methyl sites for hydroxylation is 2. The van der Waals surface area contributed by atoms with Crippen LogP contribution in [0.5, 0.6) is 5.88 Å². The van der Waals surface area contributed by atoms with Gasteiger partial charge >= 0.3 is 5.69 Å². The maximum Gasteiger partial charge on any atom is 0.333 e. The number of imidazole rings is 1. The lowest BCUT2D eigenvalue weighted by atomic mass is 10.2. The highest BCUT2D eigenvalue weighted by atomic mass is 79.9. The van der Waals surface area contributed by atoms with Gasteiger partial charge in [0, 0.05) is 17.6 Å². The number of halogens is 1. The Labute approximate surface area is 165 Å². The second-order valence-corrected chi connectivity index (χ2v) is 7.25. The molecular formula is C21H18BrN3O2. The first-order valence-electron chi connectivity index (χ1n) is 8.56. The first-order valence-corrected chi connectivity index (χ1v) is 9.35. The molecule has 5 nitrogen and oxygen atoms in total. The first-order chi connectivity index (χ1) is 13.0. The van der Waals surface area contributed by atoms with Crippen molar-refractivity contribution < 1.29 is 4.74 Å². The third kappa shape index (κ3) is 3.28. The maximum absolute atomic E-state index is 12.8. The van der Waals surface area contributed by atoms with E-state index in [-0.39, 0.29) is 5.69 Å². The molecule has 136 valence electrons. The third-order valence-corrected chi connectivity index (χ3v) is 5.01. The minimum absolute atomic E-state index is 0.106. The second-order valence-electron chi connectivity index (χ2n) is 6.34. The van der Waals surface area contributed by atoms with Crippen molar-refractivity contribution in [2.24, 2.45) is 7.05 Å². The van der Waals surface area contributed by atoms with Crippen LogP contribution in [0.2, 0.25) is 0 Å². The molecule has 0 aliphatic heterocycles. The van der Waals surface area contributed by atoms with Crippen molar-refractivity contribution in [3.05, 3.63) is 86.9 Å². The number of pyridine rings is 1. The zero-order chi connectivity index (χ0) is 19.0. The summed E-state index contributed by atoms with van der Waals surface area (Å²) in [5, 5.41) is 0. The zero-order valence-corrected chi connectivity index (χ0v) is 16.6. The number of aromatic nitrogens is 3. The molecule has 6 heteroatoms. The van der Waals surface area contributed by atoms with Crippen molar-refractivity contribution in [2.75, 3.05) is 0 Å². The van der Waals surface area contributed by atoms with E-state index >= 15 is 0 Å². The second kappa shape index (κ2) is 7.04. The number of fused-ring (bicyclic) bond motifs is 1. The van der Waals surface area contributed by atoms with Gasteiger partial charge in [-0.3, -0.25) is 9.13 Å². The minimum atomic E-state index is -0.106. The highest BCUT2D eigenvalue weighted by Gasteiger charge is 2.15. The largest absolute Gasteiger partial charge is 0.473 e. The van der Waals surface area contributed by atoms with Crippen molar-refractivity contribution in [1.82, 2.24) is 14.1 Å². The molecule has 0 radical (unpaired) electrons. The van der Waals surface area contributed by atoms with Crippen LogP contribution in [0.25, 0.3) is 16.7 Å². The number of nitrogens with zero attached hydrogens (tertiary/aromatic N) is 3. The molecule has 0 saturated heterocycles. The highest BCUT2D eigenvalue weighted by Crippen LogP contribution is 2.23. The van der Waals surface area contributed by atoms with Gasteiger partial charge in [0.15, 0.2) is 0 Å². The Bertz CT molecular complexity index is 1180. The quantitative estimate of drug-likeness (QED) is 0.489. The number of hydrogen-bond acceptors (Lipinski definition) is 3. The van der Waals surface area contributed by atoms with Gasteiger partial charge in [-0.2, -0.15) is 0 Å². The molecule has 0 spiro atoms. The van der Waals surface area contributed by atoms with E-state index in [0.717, 1.165) is 32.5 Å². The summed E-state index contributed by atoms with van der Waals surface area (Å²) in [7, 11) is 1.77. The Balaban J connectivity index is 1.70. The van der Waals surface area contributed by atoms with Crippen LogP contribution in [0, 0.1) is 6.92 Å². The average molecular weight is 424 g/mol. The lowest BCUT2D eigenvalue weighted by Gasteiger charge is -2.10. The Morgan fingerprint density at radius 2 is 1.81 bits per heavy atom. The highest BCUT2D eigenvalue weighted by molar-refractivity contribution is 9.10. The van der Waals surface area contributed by atoms with Crippen LogP contribution < -0.4 is 10.4 Å². The third-order valence-electron chi connectivity index (χ3n) is 4.52. The molecular weight excluding hydrogens is 406 g/mol. The van der Waals surface area contributed by atoms with Crippen molar-refractivity contribution in [3.63, 3.8) is 0 Å². The molecule has 0 unspecified atom stereocenters. The Hall–Kier alpha value is -2.86. The standard InChI is InChI=1S/C21H18BrN3O2/c1-14-17(10-11-20(23-14)27-13-15-6-4-3-5-7-15)25-18-9-8-16(22)12-19(18)24(2)21(25)26/h3-12H,13H2,1-2H3. The Kier molecular flexibility index (Phi) is 4.58. The number of ether oxygens (including phenoxy) is 1. The normalized spacial score (nSPS) is 11.1. The van der Waals surface area contributed by atoms with Crippen molar-refractivity contribution in [1.29, 1.82) is 0 Å². The van der Waals surface area contributed by atoms with Crippen molar-refractivity contribution >= 4 is 27.0 Å². The van der Waals surface area contributed by atoms with Gasteiger partial charge in [0.05, 0.1) is 22.4 Å². The average Bonchev–Trinajstić information content (AvgIpc) is 2.92. The van der Waals surface area contributed by atoms with Crippen LogP contribution in [0.1, 0.15) is 11.3 Å². The summed E-state index contributed by atoms with van der Waals surface area (Å²) in [5.74, 6) is 0.538. The van der Waals surface area contributed by atoms with E-state index in [9.17, 15) is 4.79 Å². The summed E-state index contributed by atoms with van der Waals surface area (Å²) < 4.78 is 10.0. The van der Waals surface area contributed by atoms with Gasteiger partial charge in [0.1, 0.15) is 6.61 Å². The van der Waals surface area contributed by atoms with Gasteiger partial charge in [-0.15, -0.1) is 0 Å². The fourth-order valence-electron chi connectivity index (χ4n) is 3.12. The summed E-state index contributed by atoms with van der Waals surface area (Å²) in [6.45, 7) is 2.34. The number of rotatable bonds is 4. The van der Waals surface area contributed by atoms with Crippen molar-refractivity contribution in [2.45, 2.75) is 13.5 Å². The predicted molar refractivity (Wildman–Crippen MR) is 110 cm³/mol. The summed E-state index contributed by atoms with van der Waals surface area (Å²) in [6, 6.07) is 19.4. The van der Waals surface area contributed by atoms with Gasteiger partial charge in [-0.05, 0) is 36.8 Å². The summed E-state index contributed by atoms with van der Waals surface area (Å²) in [4.78, 5) is 17.3. The van der Waals surface area contributed by atoms with Gasteiger partial charge in [0.2, 0.25) is 5.88 Å². The molecule has 0 fully saturated rings. The molecule has 0 amide bonds. The monoisotopic (exact) mass is 423 g/mol. The molecule has 0 N–H and O–H groups in total. The van der Waals surface area contributed by atoms with Crippen LogP contribution in [0.3, 0.4) is 0 Å². The van der Waals surface area contributed by atoms with Crippen LogP contribution in [-0.2, 0) is 13.7 Å². The molecule has 4 rings (SSSR count). The first kappa shape index (κ1) is 17.5. The maximum atomic E-state index is 12.8. The van der Waals surface area contributed by atoms with E-state index in [4.69, 9.17) is 4.74 Å². The Morgan fingerprint density at radius 1 is 1.04 bits per heavy atom. The zero-order valence-electron chi connectivity index (χ0n) is 15.0. The summed E-state index contributed by atoms with van der Waals surface area (Å²) in [5.41, 5.74) is 4.16. The smallest absolute Gasteiger partial charge is 0.333 e. The van der Waals surface area contributed by atoms with Gasteiger partial charge < -0.3 is 4.74 Å². The molecule has 0 bridgehead atoms. The van der Waals surface area contributed by atoms with Crippen LogP contribution >= 0.6 is 15.9 Å². The van der Waals surface area contributed by atoms with E-state index in [2.05, 4.69) is 20.9 Å². The van der Waals surface area contributed by atoms with Gasteiger partial charge in [0.25, 0.3) is 0 Å². The molecule has 2 aromatic carbocycles. The predicted octanol–water partition coefficient (Wildman–Crippen LogP) is 4.37. The molecule has 0 aliphatic rings. The molecule has 2 heterocycles. The van der Waals surface area contributed by atoms with Crippen LogP contribution in [0.4, 0.5) is 0 Å². The molecule has 0 saturated carbocycles. The summed E-state index contributed by atoms with van der Waals surface area (Å²) >= 11 is 3.46. The molecule has 27 heavy (non-hydrogen) atoms. The summed E-state index contributed by atoms with van der Waals surface area (Å²) in [6.07, 6.45) is 0.